The van der Waals surface area contributed by atoms with Crippen molar-refractivity contribution < 1.29 is 19.8 Å². The van der Waals surface area contributed by atoms with Crippen LogP contribution in [0, 0.1) is 0 Å². The lowest BCUT2D eigenvalue weighted by Crippen LogP contribution is -2.43. The van der Waals surface area contributed by atoms with Crippen LogP contribution in [0.2, 0.25) is 0 Å². The van der Waals surface area contributed by atoms with Crippen molar-refractivity contribution in [2.45, 2.75) is 32.2 Å². The number of aliphatic hydroxyl groups excluding tert-OH is 1. The highest BCUT2D eigenvalue weighted by Crippen LogP contribution is 2.25. The van der Waals surface area contributed by atoms with Gasteiger partial charge in [-0.15, -0.1) is 5.10 Å². The van der Waals surface area contributed by atoms with Crippen LogP contribution in [0.25, 0.3) is 0 Å². The molecule has 0 saturated heterocycles. The average molecular weight is 273 g/mol. The van der Waals surface area contributed by atoms with Gasteiger partial charge in [-0.2, -0.15) is 0 Å². The SMILES string of the molecule is CC(C)(C)c1nnsc1C(=O)N[C@H](CO)C(=O)O. The van der Waals surface area contributed by atoms with E-state index in [1.807, 2.05) is 20.8 Å². The molecule has 8 heteroatoms. The topological polar surface area (TPSA) is 112 Å². The molecule has 3 N–H and O–H groups in total. The van der Waals surface area contributed by atoms with Gasteiger partial charge < -0.3 is 15.5 Å². The minimum absolute atomic E-state index is 0.266. The Hall–Kier alpha value is -1.54. The van der Waals surface area contributed by atoms with Gasteiger partial charge in [0.1, 0.15) is 4.88 Å². The molecule has 0 unspecified atom stereocenters. The van der Waals surface area contributed by atoms with Gasteiger partial charge in [0.25, 0.3) is 5.91 Å². The Bertz CT molecular complexity index is 452. The van der Waals surface area contributed by atoms with E-state index in [1.165, 1.54) is 0 Å². The van der Waals surface area contributed by atoms with Crippen molar-refractivity contribution in [1.82, 2.24) is 14.9 Å². The zero-order valence-corrected chi connectivity index (χ0v) is 11.1. The van der Waals surface area contributed by atoms with Crippen LogP contribution in [0.1, 0.15) is 36.1 Å². The molecule has 0 aromatic carbocycles. The third kappa shape index (κ3) is 3.23. The number of carbonyl (C=O) groups excluding carboxylic acids is 1. The first-order valence-corrected chi connectivity index (χ1v) is 6.02. The molecular formula is C10H15N3O4S. The number of carboxylic acids is 1. The second-order valence-corrected chi connectivity index (χ2v) is 5.50. The summed E-state index contributed by atoms with van der Waals surface area (Å²) in [6, 6.07) is -1.33. The van der Waals surface area contributed by atoms with Gasteiger partial charge in [-0.3, -0.25) is 4.79 Å². The molecule has 0 radical (unpaired) electrons. The molecule has 18 heavy (non-hydrogen) atoms. The maximum absolute atomic E-state index is 11.9. The first-order chi connectivity index (χ1) is 8.27. The molecule has 100 valence electrons. The lowest BCUT2D eigenvalue weighted by atomic mass is 9.91. The number of carboxylic acid groups (broad SMARTS) is 1. The number of aliphatic carboxylic acids is 1. The average Bonchev–Trinajstić information content (AvgIpc) is 2.73. The van der Waals surface area contributed by atoms with Crippen LogP contribution in [-0.2, 0) is 10.2 Å². The van der Waals surface area contributed by atoms with Gasteiger partial charge in [0.2, 0.25) is 0 Å². The monoisotopic (exact) mass is 273 g/mol. The zero-order valence-electron chi connectivity index (χ0n) is 10.3. The molecule has 0 aliphatic carbocycles. The number of aliphatic hydroxyl groups is 1. The van der Waals surface area contributed by atoms with Crippen molar-refractivity contribution in [3.8, 4) is 0 Å². The van der Waals surface area contributed by atoms with E-state index in [4.69, 9.17) is 10.2 Å². The first kappa shape index (κ1) is 14.5. The van der Waals surface area contributed by atoms with Gasteiger partial charge >= 0.3 is 5.97 Å². The number of aromatic nitrogens is 2. The number of rotatable bonds is 4. The number of amides is 1. The van der Waals surface area contributed by atoms with Crippen LogP contribution in [-0.4, -0.2) is 44.3 Å². The fourth-order valence-electron chi connectivity index (χ4n) is 1.24. The number of hydrogen-bond donors (Lipinski definition) is 3. The fourth-order valence-corrected chi connectivity index (χ4v) is 2.02. The van der Waals surface area contributed by atoms with Crippen molar-refractivity contribution in [1.29, 1.82) is 0 Å². The number of hydrogen-bond acceptors (Lipinski definition) is 6. The zero-order chi connectivity index (χ0) is 13.9. The molecule has 0 bridgehead atoms. The highest BCUT2D eigenvalue weighted by Gasteiger charge is 2.28. The smallest absolute Gasteiger partial charge is 0.328 e. The van der Waals surface area contributed by atoms with Crippen LogP contribution in [0.5, 0.6) is 0 Å². The second-order valence-electron chi connectivity index (χ2n) is 4.75. The minimum atomic E-state index is -1.33. The molecular weight excluding hydrogens is 258 g/mol. The van der Waals surface area contributed by atoms with Crippen molar-refractivity contribution in [3.05, 3.63) is 10.6 Å². The molecule has 7 nitrogen and oxygen atoms in total. The van der Waals surface area contributed by atoms with Gasteiger partial charge in [-0.25, -0.2) is 4.79 Å². The van der Waals surface area contributed by atoms with Gasteiger partial charge in [-0.1, -0.05) is 25.3 Å². The van der Waals surface area contributed by atoms with Gasteiger partial charge in [-0.05, 0) is 11.5 Å². The van der Waals surface area contributed by atoms with Crippen molar-refractivity contribution >= 4 is 23.4 Å². The Morgan fingerprint density at radius 2 is 2.06 bits per heavy atom. The summed E-state index contributed by atoms with van der Waals surface area (Å²) in [5.41, 5.74) is 0.143. The third-order valence-electron chi connectivity index (χ3n) is 2.19. The first-order valence-electron chi connectivity index (χ1n) is 5.24. The number of nitrogens with one attached hydrogen (secondary N) is 1. The van der Waals surface area contributed by atoms with Crippen molar-refractivity contribution in [3.63, 3.8) is 0 Å². The fraction of sp³-hybridized carbons (Fsp3) is 0.600. The van der Waals surface area contributed by atoms with Crippen LogP contribution in [0.4, 0.5) is 0 Å². The predicted octanol–water partition coefficient (Wildman–Crippen LogP) is 0.0109. The number of carbonyl (C=O) groups is 2. The highest BCUT2D eigenvalue weighted by atomic mass is 32.1. The van der Waals surface area contributed by atoms with Gasteiger partial charge in [0, 0.05) is 5.41 Å². The quantitative estimate of drug-likeness (QED) is 0.712. The number of nitrogens with zero attached hydrogens (tertiary/aromatic N) is 2. The largest absolute Gasteiger partial charge is 0.480 e. The van der Waals surface area contributed by atoms with E-state index in [1.54, 1.807) is 0 Å². The molecule has 1 aromatic rings. The Morgan fingerprint density at radius 3 is 2.50 bits per heavy atom. The summed E-state index contributed by atoms with van der Waals surface area (Å²) in [6.07, 6.45) is 0. The van der Waals surface area contributed by atoms with Crippen LogP contribution in [0.15, 0.2) is 0 Å². The van der Waals surface area contributed by atoms with Crippen molar-refractivity contribution in [2.24, 2.45) is 0 Å². The molecule has 0 fully saturated rings. The Morgan fingerprint density at radius 1 is 1.44 bits per heavy atom. The highest BCUT2D eigenvalue weighted by molar-refractivity contribution is 7.08. The minimum Gasteiger partial charge on any atom is -0.480 e. The Labute approximate surface area is 108 Å². The van der Waals surface area contributed by atoms with E-state index in [0.717, 1.165) is 11.5 Å². The molecule has 0 saturated carbocycles. The second kappa shape index (κ2) is 5.40. The van der Waals surface area contributed by atoms with E-state index in [2.05, 4.69) is 14.9 Å². The molecule has 1 heterocycles. The lowest BCUT2D eigenvalue weighted by molar-refractivity contribution is -0.140. The standard InChI is InChI=1S/C10H15N3O4S/c1-10(2,3)7-6(18-13-12-7)8(15)11-5(4-14)9(16)17/h5,14H,4H2,1-3H3,(H,11,15)(H,16,17)/t5-/m1/s1. The molecule has 0 spiro atoms. The summed E-state index contributed by atoms with van der Waals surface area (Å²) in [6.45, 7) is 4.96. The summed E-state index contributed by atoms with van der Waals surface area (Å²) in [5, 5.41) is 23.7. The van der Waals surface area contributed by atoms with Crippen LogP contribution < -0.4 is 5.32 Å². The Kier molecular flexibility index (Phi) is 4.36. The van der Waals surface area contributed by atoms with Gasteiger partial charge in [0.15, 0.2) is 6.04 Å². The van der Waals surface area contributed by atoms with E-state index in [-0.39, 0.29) is 10.3 Å². The third-order valence-corrected chi connectivity index (χ3v) is 2.92. The summed E-state index contributed by atoms with van der Waals surface area (Å²) >= 11 is 0.901. The molecule has 1 amide bonds. The summed E-state index contributed by atoms with van der Waals surface area (Å²) in [5.74, 6) is -1.88. The molecule has 1 aromatic heterocycles. The lowest BCUT2D eigenvalue weighted by Gasteiger charge is -2.17. The summed E-state index contributed by atoms with van der Waals surface area (Å²) < 4.78 is 3.71. The van der Waals surface area contributed by atoms with Crippen LogP contribution >= 0.6 is 11.5 Å². The Balaban J connectivity index is 2.92. The normalized spacial score (nSPS) is 13.1. The van der Waals surface area contributed by atoms with E-state index in [0.29, 0.717) is 5.69 Å². The van der Waals surface area contributed by atoms with E-state index < -0.39 is 24.5 Å². The molecule has 1 atom stereocenters. The van der Waals surface area contributed by atoms with E-state index >= 15 is 0 Å². The van der Waals surface area contributed by atoms with E-state index in [9.17, 15) is 9.59 Å². The molecule has 0 aliphatic heterocycles. The summed E-state index contributed by atoms with van der Waals surface area (Å²) in [4.78, 5) is 22.9. The predicted molar refractivity (Wildman–Crippen MR) is 64.6 cm³/mol. The summed E-state index contributed by atoms with van der Waals surface area (Å²) in [7, 11) is 0. The van der Waals surface area contributed by atoms with Crippen LogP contribution in [0.3, 0.4) is 0 Å². The molecule has 0 aliphatic rings. The maximum atomic E-state index is 11.9. The molecule has 1 rings (SSSR count). The van der Waals surface area contributed by atoms with Gasteiger partial charge in [0.05, 0.1) is 12.3 Å². The maximum Gasteiger partial charge on any atom is 0.328 e. The van der Waals surface area contributed by atoms with Crippen molar-refractivity contribution in [2.75, 3.05) is 6.61 Å².